The molecular weight excluding hydrogens is 314 g/mol. The molecule has 0 saturated carbocycles. The quantitative estimate of drug-likeness (QED) is 0.719. The number of hydrogen-bond donors (Lipinski definition) is 0. The Morgan fingerprint density at radius 2 is 1.88 bits per heavy atom. The van der Waals surface area contributed by atoms with Gasteiger partial charge in [-0.25, -0.2) is 4.98 Å². The first kappa shape index (κ1) is 15.6. The predicted molar refractivity (Wildman–Crippen MR) is 94.1 cm³/mol. The van der Waals surface area contributed by atoms with E-state index < -0.39 is 0 Å². The zero-order valence-electron chi connectivity index (χ0n) is 14.3. The molecule has 126 valence electrons. The molecule has 0 atom stereocenters. The fourth-order valence-corrected chi connectivity index (χ4v) is 3.37. The second-order valence-corrected chi connectivity index (χ2v) is 6.35. The molecule has 1 aliphatic rings. The van der Waals surface area contributed by atoms with Crippen LogP contribution in [0.4, 0.5) is 0 Å². The molecule has 3 aromatic rings. The molecule has 3 heterocycles. The van der Waals surface area contributed by atoms with Gasteiger partial charge in [-0.1, -0.05) is 35.5 Å². The van der Waals surface area contributed by atoms with Crippen molar-refractivity contribution >= 4 is 5.91 Å². The summed E-state index contributed by atoms with van der Waals surface area (Å²) in [4.78, 5) is 19.4. The Morgan fingerprint density at radius 3 is 2.64 bits per heavy atom. The van der Waals surface area contributed by atoms with Gasteiger partial charge < -0.3 is 9.42 Å². The summed E-state index contributed by atoms with van der Waals surface area (Å²) in [6.45, 7) is 5.08. The van der Waals surface area contributed by atoms with Gasteiger partial charge in [-0.3, -0.25) is 4.79 Å². The van der Waals surface area contributed by atoms with Gasteiger partial charge >= 0.3 is 0 Å². The van der Waals surface area contributed by atoms with Crippen molar-refractivity contribution in [1.82, 2.24) is 15.0 Å². The van der Waals surface area contributed by atoms with Gasteiger partial charge in [-0.15, -0.1) is 0 Å². The highest BCUT2D eigenvalue weighted by Crippen LogP contribution is 2.26. The van der Waals surface area contributed by atoms with Crippen LogP contribution in [0.2, 0.25) is 0 Å². The number of aryl methyl sites for hydroxylation is 2. The van der Waals surface area contributed by atoms with Gasteiger partial charge in [0, 0.05) is 13.1 Å². The smallest absolute Gasteiger partial charge is 0.272 e. The first-order valence-electron chi connectivity index (χ1n) is 8.40. The van der Waals surface area contributed by atoms with Crippen LogP contribution in [0.3, 0.4) is 0 Å². The molecule has 0 N–H and O–H groups in total. The van der Waals surface area contributed by atoms with Crippen LogP contribution in [-0.4, -0.2) is 27.5 Å². The van der Waals surface area contributed by atoms with Crippen LogP contribution in [0.1, 0.15) is 33.1 Å². The van der Waals surface area contributed by atoms with Crippen molar-refractivity contribution in [2.75, 3.05) is 6.54 Å². The van der Waals surface area contributed by atoms with Crippen LogP contribution >= 0.6 is 0 Å². The van der Waals surface area contributed by atoms with Crippen molar-refractivity contribution in [3.05, 3.63) is 70.7 Å². The van der Waals surface area contributed by atoms with E-state index in [2.05, 4.69) is 22.3 Å². The third-order valence-electron chi connectivity index (χ3n) is 4.68. The number of fused-ring (bicyclic) bond motifs is 1. The fraction of sp³-hybridized carbons (Fsp3) is 0.250. The average molecular weight is 333 g/mol. The fourth-order valence-electron chi connectivity index (χ4n) is 3.37. The lowest BCUT2D eigenvalue weighted by Crippen LogP contribution is -2.36. The lowest BCUT2D eigenvalue weighted by molar-refractivity contribution is 0.0729. The molecule has 0 bridgehead atoms. The van der Waals surface area contributed by atoms with Gasteiger partial charge in [-0.05, 0) is 43.5 Å². The van der Waals surface area contributed by atoms with E-state index in [0.29, 0.717) is 24.5 Å². The van der Waals surface area contributed by atoms with Crippen molar-refractivity contribution in [3.63, 3.8) is 0 Å². The van der Waals surface area contributed by atoms with Crippen molar-refractivity contribution in [2.24, 2.45) is 0 Å². The van der Waals surface area contributed by atoms with Crippen molar-refractivity contribution < 1.29 is 9.32 Å². The van der Waals surface area contributed by atoms with E-state index in [0.717, 1.165) is 23.4 Å². The number of rotatable bonds is 2. The van der Waals surface area contributed by atoms with E-state index in [1.807, 2.05) is 43.0 Å². The van der Waals surface area contributed by atoms with Gasteiger partial charge in [0.25, 0.3) is 5.91 Å². The lowest BCUT2D eigenvalue weighted by atomic mass is 9.99. The SMILES string of the molecule is Cc1noc(C)c1-c1cccc(C(=O)N2CCc3ccccc3C2)n1. The third kappa shape index (κ3) is 2.82. The van der Waals surface area contributed by atoms with E-state index in [-0.39, 0.29) is 5.91 Å². The second kappa shape index (κ2) is 6.16. The molecule has 0 fully saturated rings. The summed E-state index contributed by atoms with van der Waals surface area (Å²) in [5.41, 5.74) is 5.35. The zero-order valence-corrected chi connectivity index (χ0v) is 14.3. The number of amides is 1. The molecule has 1 aliphatic heterocycles. The number of pyridine rings is 1. The summed E-state index contributed by atoms with van der Waals surface area (Å²) in [5, 5.41) is 3.97. The summed E-state index contributed by atoms with van der Waals surface area (Å²) in [6.07, 6.45) is 0.880. The zero-order chi connectivity index (χ0) is 17.4. The molecular formula is C20H19N3O2. The molecule has 4 rings (SSSR count). The number of carbonyl (C=O) groups is 1. The molecule has 5 nitrogen and oxygen atoms in total. The number of aromatic nitrogens is 2. The topological polar surface area (TPSA) is 59.2 Å². The van der Waals surface area contributed by atoms with Crippen LogP contribution in [0.25, 0.3) is 11.3 Å². The van der Waals surface area contributed by atoms with Crippen LogP contribution in [0.15, 0.2) is 47.0 Å². The Kier molecular flexibility index (Phi) is 3.84. The monoisotopic (exact) mass is 333 g/mol. The van der Waals surface area contributed by atoms with E-state index in [9.17, 15) is 4.79 Å². The Bertz CT molecular complexity index is 926. The average Bonchev–Trinajstić information content (AvgIpc) is 2.99. The standard InChI is InChI=1S/C20H19N3O2/c1-13-19(14(2)25-22-13)17-8-5-9-18(21-17)20(24)23-11-10-15-6-3-4-7-16(15)12-23/h3-9H,10-12H2,1-2H3. The molecule has 25 heavy (non-hydrogen) atoms. The number of carbonyl (C=O) groups excluding carboxylic acids is 1. The minimum atomic E-state index is -0.0388. The molecule has 5 heteroatoms. The highest BCUT2D eigenvalue weighted by molar-refractivity contribution is 5.93. The molecule has 0 aliphatic carbocycles. The summed E-state index contributed by atoms with van der Waals surface area (Å²) < 4.78 is 5.22. The van der Waals surface area contributed by atoms with E-state index in [4.69, 9.17) is 4.52 Å². The van der Waals surface area contributed by atoms with Crippen LogP contribution in [-0.2, 0) is 13.0 Å². The molecule has 1 amide bonds. The number of benzene rings is 1. The second-order valence-electron chi connectivity index (χ2n) is 6.35. The van der Waals surface area contributed by atoms with E-state index in [1.54, 1.807) is 6.07 Å². The van der Waals surface area contributed by atoms with Gasteiger partial charge in [0.1, 0.15) is 11.5 Å². The normalized spacial score (nSPS) is 13.6. The van der Waals surface area contributed by atoms with Crippen LogP contribution in [0.5, 0.6) is 0 Å². The van der Waals surface area contributed by atoms with Gasteiger partial charge in [-0.2, -0.15) is 0 Å². The molecule has 0 unspecified atom stereocenters. The number of hydrogen-bond acceptors (Lipinski definition) is 4. The highest BCUT2D eigenvalue weighted by atomic mass is 16.5. The first-order valence-corrected chi connectivity index (χ1v) is 8.40. The van der Waals surface area contributed by atoms with Gasteiger partial charge in [0.2, 0.25) is 0 Å². The number of nitrogens with zero attached hydrogens (tertiary/aromatic N) is 3. The van der Waals surface area contributed by atoms with Gasteiger partial charge in [0.05, 0.1) is 17.0 Å². The molecule has 2 aromatic heterocycles. The molecule has 0 spiro atoms. The predicted octanol–water partition coefficient (Wildman–Crippen LogP) is 3.55. The third-order valence-corrected chi connectivity index (χ3v) is 4.68. The van der Waals surface area contributed by atoms with Crippen LogP contribution < -0.4 is 0 Å². The molecule has 1 aromatic carbocycles. The maximum absolute atomic E-state index is 12.9. The van der Waals surface area contributed by atoms with Crippen molar-refractivity contribution in [3.8, 4) is 11.3 Å². The van der Waals surface area contributed by atoms with Crippen molar-refractivity contribution in [2.45, 2.75) is 26.8 Å². The Balaban J connectivity index is 1.63. The summed E-state index contributed by atoms with van der Waals surface area (Å²) in [6, 6.07) is 13.8. The van der Waals surface area contributed by atoms with Gasteiger partial charge in [0.15, 0.2) is 0 Å². The molecule has 0 radical (unpaired) electrons. The highest BCUT2D eigenvalue weighted by Gasteiger charge is 2.23. The summed E-state index contributed by atoms with van der Waals surface area (Å²) in [5.74, 6) is 0.671. The largest absolute Gasteiger partial charge is 0.361 e. The summed E-state index contributed by atoms with van der Waals surface area (Å²) in [7, 11) is 0. The Labute approximate surface area is 146 Å². The van der Waals surface area contributed by atoms with Crippen molar-refractivity contribution in [1.29, 1.82) is 0 Å². The maximum Gasteiger partial charge on any atom is 0.272 e. The van der Waals surface area contributed by atoms with E-state index >= 15 is 0 Å². The lowest BCUT2D eigenvalue weighted by Gasteiger charge is -2.28. The molecule has 0 saturated heterocycles. The van der Waals surface area contributed by atoms with E-state index in [1.165, 1.54) is 11.1 Å². The summed E-state index contributed by atoms with van der Waals surface area (Å²) >= 11 is 0. The minimum absolute atomic E-state index is 0.0388. The Hall–Kier alpha value is -2.95. The minimum Gasteiger partial charge on any atom is -0.361 e. The maximum atomic E-state index is 12.9. The Morgan fingerprint density at radius 1 is 1.08 bits per heavy atom. The first-order chi connectivity index (χ1) is 12.1. The van der Waals surface area contributed by atoms with Crippen LogP contribution in [0, 0.1) is 13.8 Å².